The van der Waals surface area contributed by atoms with Crippen molar-refractivity contribution in [3.8, 4) is 0 Å². The summed E-state index contributed by atoms with van der Waals surface area (Å²) in [7, 11) is 0. The molecule has 0 aromatic carbocycles. The molecule has 0 aliphatic heterocycles. The lowest BCUT2D eigenvalue weighted by Gasteiger charge is -2.64. The zero-order valence-corrected chi connectivity index (χ0v) is 11.3. The summed E-state index contributed by atoms with van der Waals surface area (Å²) in [6, 6.07) is 0. The van der Waals surface area contributed by atoms with Crippen molar-refractivity contribution in [2.75, 3.05) is 0 Å². The zero-order chi connectivity index (χ0) is 12.6. The van der Waals surface area contributed by atoms with Gasteiger partial charge in [-0.15, -0.1) is 0 Å². The van der Waals surface area contributed by atoms with Gasteiger partial charge in [0.2, 0.25) is 0 Å². The summed E-state index contributed by atoms with van der Waals surface area (Å²) >= 11 is 0. The number of fused-ring (bicyclic) bond motifs is 3. The predicted molar refractivity (Wildman–Crippen MR) is 67.4 cm³/mol. The maximum Gasteiger partial charge on any atom is 0.117 e. The van der Waals surface area contributed by atoms with E-state index in [2.05, 4.69) is 26.8 Å². The standard InChI is InChI=1S/C15H24O2/c1-9-5-10-6-13(2,3)7-11(10)14(4)8-12(16)15(9,14)17/h5,10-12,16-17H,6-8H2,1-4H3/t10-,11+,12-,14-,15-/m1/s1. The van der Waals surface area contributed by atoms with Crippen LogP contribution in [0.15, 0.2) is 11.6 Å². The van der Waals surface area contributed by atoms with Gasteiger partial charge in [0.05, 0.1) is 6.10 Å². The van der Waals surface area contributed by atoms with Crippen LogP contribution >= 0.6 is 0 Å². The predicted octanol–water partition coefficient (Wildman–Crippen LogP) is 2.50. The molecule has 3 aliphatic carbocycles. The van der Waals surface area contributed by atoms with Crippen molar-refractivity contribution in [2.24, 2.45) is 22.7 Å². The highest BCUT2D eigenvalue weighted by molar-refractivity contribution is 5.36. The monoisotopic (exact) mass is 236 g/mol. The fourth-order valence-electron chi connectivity index (χ4n) is 5.03. The second-order valence-corrected chi connectivity index (χ2v) is 7.60. The Morgan fingerprint density at radius 1 is 1.18 bits per heavy atom. The van der Waals surface area contributed by atoms with E-state index in [4.69, 9.17) is 0 Å². The highest BCUT2D eigenvalue weighted by Crippen LogP contribution is 2.67. The highest BCUT2D eigenvalue weighted by atomic mass is 16.3. The topological polar surface area (TPSA) is 40.5 Å². The van der Waals surface area contributed by atoms with Crippen LogP contribution in [0.2, 0.25) is 0 Å². The van der Waals surface area contributed by atoms with Crippen LogP contribution < -0.4 is 0 Å². The minimum atomic E-state index is -0.950. The molecule has 0 heterocycles. The molecule has 3 aliphatic rings. The molecule has 17 heavy (non-hydrogen) atoms. The van der Waals surface area contributed by atoms with Crippen LogP contribution in [0.1, 0.15) is 47.0 Å². The van der Waals surface area contributed by atoms with E-state index >= 15 is 0 Å². The van der Waals surface area contributed by atoms with Crippen molar-refractivity contribution in [1.82, 2.24) is 0 Å². The molecule has 2 nitrogen and oxygen atoms in total. The van der Waals surface area contributed by atoms with Crippen LogP contribution in [0, 0.1) is 22.7 Å². The first kappa shape index (κ1) is 11.7. The van der Waals surface area contributed by atoms with E-state index in [-0.39, 0.29) is 5.41 Å². The Kier molecular flexibility index (Phi) is 2.05. The number of aliphatic hydroxyl groups is 2. The second-order valence-electron chi connectivity index (χ2n) is 7.60. The smallest absolute Gasteiger partial charge is 0.117 e. The number of rotatable bonds is 0. The average molecular weight is 236 g/mol. The Morgan fingerprint density at radius 3 is 2.41 bits per heavy atom. The van der Waals surface area contributed by atoms with Gasteiger partial charge in [-0.3, -0.25) is 0 Å². The Bertz CT molecular complexity index is 398. The van der Waals surface area contributed by atoms with E-state index in [9.17, 15) is 10.2 Å². The van der Waals surface area contributed by atoms with E-state index in [1.807, 2.05) is 6.92 Å². The molecule has 0 bridgehead atoms. The number of hydrogen-bond acceptors (Lipinski definition) is 2. The van der Waals surface area contributed by atoms with Gasteiger partial charge in [0.25, 0.3) is 0 Å². The average Bonchev–Trinajstić information content (AvgIpc) is 2.51. The van der Waals surface area contributed by atoms with E-state index in [0.29, 0.717) is 17.3 Å². The first-order valence-electron chi connectivity index (χ1n) is 6.80. The summed E-state index contributed by atoms with van der Waals surface area (Å²) in [5.41, 5.74) is 0.317. The first-order valence-corrected chi connectivity index (χ1v) is 6.80. The number of hydrogen-bond donors (Lipinski definition) is 2. The summed E-state index contributed by atoms with van der Waals surface area (Å²) in [5.74, 6) is 1.14. The van der Waals surface area contributed by atoms with Gasteiger partial charge in [0.1, 0.15) is 5.60 Å². The van der Waals surface area contributed by atoms with Gasteiger partial charge >= 0.3 is 0 Å². The molecule has 0 saturated heterocycles. The summed E-state index contributed by atoms with van der Waals surface area (Å²) in [6.07, 6.45) is 4.83. The molecule has 0 unspecified atom stereocenters. The molecule has 3 rings (SSSR count). The molecule has 0 aromatic heterocycles. The van der Waals surface area contributed by atoms with Crippen LogP contribution in [0.5, 0.6) is 0 Å². The van der Waals surface area contributed by atoms with Crippen molar-refractivity contribution in [2.45, 2.75) is 58.7 Å². The minimum absolute atomic E-state index is 0.107. The third-order valence-corrected chi connectivity index (χ3v) is 5.93. The normalized spacial score (nSPS) is 55.6. The Labute approximate surface area is 104 Å². The molecule has 0 spiro atoms. The fourth-order valence-corrected chi connectivity index (χ4v) is 5.03. The maximum atomic E-state index is 10.8. The molecule has 2 heteroatoms. The lowest BCUT2D eigenvalue weighted by molar-refractivity contribution is -0.248. The Balaban J connectivity index is 2.05. The van der Waals surface area contributed by atoms with Crippen LogP contribution in [-0.4, -0.2) is 21.9 Å². The summed E-state index contributed by atoms with van der Waals surface area (Å²) in [6.45, 7) is 8.81. The largest absolute Gasteiger partial charge is 0.390 e. The van der Waals surface area contributed by atoms with Gasteiger partial charge < -0.3 is 10.2 Å². The Hall–Kier alpha value is -0.340. The van der Waals surface area contributed by atoms with Crippen molar-refractivity contribution in [1.29, 1.82) is 0 Å². The summed E-state index contributed by atoms with van der Waals surface area (Å²) < 4.78 is 0. The van der Waals surface area contributed by atoms with Crippen LogP contribution in [-0.2, 0) is 0 Å². The van der Waals surface area contributed by atoms with Crippen LogP contribution in [0.25, 0.3) is 0 Å². The maximum absolute atomic E-state index is 10.8. The molecule has 96 valence electrons. The minimum Gasteiger partial charge on any atom is -0.390 e. The second kappa shape index (κ2) is 2.97. The van der Waals surface area contributed by atoms with Gasteiger partial charge in [-0.25, -0.2) is 0 Å². The SMILES string of the molecule is CC1=C[C@@H]2CC(C)(C)C[C@@H]2[C@@]2(C)C[C@@H](O)[C@]12O. The first-order chi connectivity index (χ1) is 7.71. The van der Waals surface area contributed by atoms with E-state index in [0.717, 1.165) is 12.0 Å². The summed E-state index contributed by atoms with van der Waals surface area (Å²) in [5, 5.41) is 20.8. The molecule has 0 radical (unpaired) electrons. The van der Waals surface area contributed by atoms with Gasteiger partial charge in [-0.2, -0.15) is 0 Å². The third kappa shape index (κ3) is 1.18. The molecular formula is C15H24O2. The van der Waals surface area contributed by atoms with E-state index in [1.165, 1.54) is 12.8 Å². The van der Waals surface area contributed by atoms with Crippen LogP contribution in [0.3, 0.4) is 0 Å². The molecule has 5 atom stereocenters. The van der Waals surface area contributed by atoms with Gasteiger partial charge in [0, 0.05) is 5.41 Å². The lowest BCUT2D eigenvalue weighted by Crippen LogP contribution is -2.71. The Morgan fingerprint density at radius 2 is 1.82 bits per heavy atom. The molecular weight excluding hydrogens is 212 g/mol. The van der Waals surface area contributed by atoms with Crippen molar-refractivity contribution in [3.63, 3.8) is 0 Å². The van der Waals surface area contributed by atoms with Crippen molar-refractivity contribution >= 4 is 0 Å². The van der Waals surface area contributed by atoms with Gasteiger partial charge in [-0.05, 0) is 49.0 Å². The quantitative estimate of drug-likeness (QED) is 0.634. The van der Waals surface area contributed by atoms with Gasteiger partial charge in [-0.1, -0.05) is 26.8 Å². The molecule has 2 N–H and O–H groups in total. The van der Waals surface area contributed by atoms with Gasteiger partial charge in [0.15, 0.2) is 0 Å². The zero-order valence-electron chi connectivity index (χ0n) is 11.3. The fraction of sp³-hybridized carbons (Fsp3) is 0.867. The number of aliphatic hydroxyl groups excluding tert-OH is 1. The van der Waals surface area contributed by atoms with E-state index < -0.39 is 11.7 Å². The third-order valence-electron chi connectivity index (χ3n) is 5.93. The van der Waals surface area contributed by atoms with Crippen molar-refractivity contribution < 1.29 is 10.2 Å². The molecule has 2 saturated carbocycles. The van der Waals surface area contributed by atoms with Crippen molar-refractivity contribution in [3.05, 3.63) is 11.6 Å². The molecule has 0 amide bonds. The highest BCUT2D eigenvalue weighted by Gasteiger charge is 2.69. The molecule has 2 fully saturated rings. The molecule has 0 aromatic rings. The number of allylic oxidation sites excluding steroid dienone is 1. The van der Waals surface area contributed by atoms with E-state index in [1.54, 1.807) is 0 Å². The summed E-state index contributed by atoms with van der Waals surface area (Å²) in [4.78, 5) is 0. The van der Waals surface area contributed by atoms with Crippen LogP contribution in [0.4, 0.5) is 0 Å². The lowest BCUT2D eigenvalue weighted by atomic mass is 9.44.